The maximum atomic E-state index is 11.8. The van der Waals surface area contributed by atoms with Gasteiger partial charge in [-0.25, -0.2) is 5.43 Å². The fourth-order valence-electron chi connectivity index (χ4n) is 2.09. The second-order valence-electron chi connectivity index (χ2n) is 5.07. The van der Waals surface area contributed by atoms with Crippen molar-refractivity contribution in [1.82, 2.24) is 5.43 Å². The average Bonchev–Trinajstić information content (AvgIpc) is 2.61. The van der Waals surface area contributed by atoms with Gasteiger partial charge in [-0.15, -0.1) is 0 Å². The lowest BCUT2D eigenvalue weighted by atomic mass is 10.2. The summed E-state index contributed by atoms with van der Waals surface area (Å²) in [5, 5.41) is 7.03. The van der Waals surface area contributed by atoms with E-state index in [1.807, 2.05) is 31.2 Å². The van der Waals surface area contributed by atoms with Crippen LogP contribution in [0.1, 0.15) is 11.1 Å². The van der Waals surface area contributed by atoms with Crippen LogP contribution >= 0.6 is 0 Å². The number of anilines is 1. The molecule has 6 heteroatoms. The van der Waals surface area contributed by atoms with Crippen LogP contribution < -0.4 is 20.2 Å². The van der Waals surface area contributed by atoms with Crippen LogP contribution in [0.15, 0.2) is 47.6 Å². The van der Waals surface area contributed by atoms with Gasteiger partial charge in [0.05, 0.1) is 27.0 Å². The van der Waals surface area contributed by atoms with E-state index in [-0.39, 0.29) is 12.5 Å². The van der Waals surface area contributed by atoms with Gasteiger partial charge in [-0.3, -0.25) is 4.79 Å². The van der Waals surface area contributed by atoms with Crippen LogP contribution in [0, 0.1) is 6.92 Å². The number of hydrogen-bond acceptors (Lipinski definition) is 5. The molecule has 2 N–H and O–H groups in total. The minimum absolute atomic E-state index is 0.141. The standard InChI is InChI=1S/C18H21N3O3/c1-13-6-4-5-7-16(13)19-12-18(22)21-20-11-14-8-9-15(23-2)10-17(14)24-3/h4-11,19H,12H2,1-3H3,(H,21,22)/b20-11-. The molecule has 0 aliphatic carbocycles. The lowest BCUT2D eigenvalue weighted by Gasteiger charge is -2.08. The minimum Gasteiger partial charge on any atom is -0.497 e. The van der Waals surface area contributed by atoms with Crippen molar-refractivity contribution in [3.05, 3.63) is 53.6 Å². The summed E-state index contributed by atoms with van der Waals surface area (Å²) in [4.78, 5) is 11.8. The third-order valence-corrected chi connectivity index (χ3v) is 3.42. The zero-order valence-corrected chi connectivity index (χ0v) is 14.0. The molecule has 2 aromatic rings. The SMILES string of the molecule is COc1ccc(/C=N\NC(=O)CNc2ccccc2C)c(OC)c1. The number of hydrazone groups is 1. The Morgan fingerprint density at radius 3 is 2.67 bits per heavy atom. The highest BCUT2D eigenvalue weighted by atomic mass is 16.5. The zero-order valence-electron chi connectivity index (χ0n) is 14.0. The topological polar surface area (TPSA) is 72.0 Å². The summed E-state index contributed by atoms with van der Waals surface area (Å²) in [6.07, 6.45) is 1.53. The van der Waals surface area contributed by atoms with Crippen LogP contribution in [0.4, 0.5) is 5.69 Å². The number of ether oxygens (including phenoxy) is 2. The second-order valence-corrected chi connectivity index (χ2v) is 5.07. The molecule has 0 unspecified atom stereocenters. The largest absolute Gasteiger partial charge is 0.497 e. The summed E-state index contributed by atoms with van der Waals surface area (Å²) >= 11 is 0. The van der Waals surface area contributed by atoms with Gasteiger partial charge in [-0.1, -0.05) is 18.2 Å². The van der Waals surface area contributed by atoms with Crippen molar-refractivity contribution < 1.29 is 14.3 Å². The number of benzene rings is 2. The van der Waals surface area contributed by atoms with Crippen LogP contribution in [0.3, 0.4) is 0 Å². The summed E-state index contributed by atoms with van der Waals surface area (Å²) in [5.74, 6) is 1.07. The molecule has 0 aliphatic heterocycles. The molecule has 0 heterocycles. The molecule has 24 heavy (non-hydrogen) atoms. The summed E-state index contributed by atoms with van der Waals surface area (Å²) in [6.45, 7) is 2.12. The van der Waals surface area contributed by atoms with Gasteiger partial charge in [0.2, 0.25) is 0 Å². The molecule has 0 aromatic heterocycles. The first-order valence-electron chi connectivity index (χ1n) is 7.47. The highest BCUT2D eigenvalue weighted by molar-refractivity contribution is 5.86. The molecule has 126 valence electrons. The van der Waals surface area contributed by atoms with Gasteiger partial charge in [0.15, 0.2) is 0 Å². The first kappa shape index (κ1) is 17.3. The van der Waals surface area contributed by atoms with Crippen molar-refractivity contribution in [3.8, 4) is 11.5 Å². The fourth-order valence-corrected chi connectivity index (χ4v) is 2.09. The molecule has 0 spiro atoms. The van der Waals surface area contributed by atoms with E-state index in [0.717, 1.165) is 16.8 Å². The van der Waals surface area contributed by atoms with Crippen LogP contribution in [0.5, 0.6) is 11.5 Å². The Hall–Kier alpha value is -3.02. The number of nitrogens with zero attached hydrogens (tertiary/aromatic N) is 1. The van der Waals surface area contributed by atoms with Gasteiger partial charge in [-0.05, 0) is 30.7 Å². The van der Waals surface area contributed by atoms with Crippen LogP contribution in [0.25, 0.3) is 0 Å². The van der Waals surface area contributed by atoms with Crippen molar-refractivity contribution in [2.45, 2.75) is 6.92 Å². The molecule has 6 nitrogen and oxygen atoms in total. The monoisotopic (exact) mass is 327 g/mol. The van der Waals surface area contributed by atoms with E-state index < -0.39 is 0 Å². The van der Waals surface area contributed by atoms with E-state index in [0.29, 0.717) is 11.5 Å². The minimum atomic E-state index is -0.234. The summed E-state index contributed by atoms with van der Waals surface area (Å²) in [7, 11) is 3.15. The van der Waals surface area contributed by atoms with E-state index in [1.165, 1.54) is 6.21 Å². The number of aryl methyl sites for hydroxylation is 1. The van der Waals surface area contributed by atoms with Crippen molar-refractivity contribution in [2.24, 2.45) is 5.10 Å². The lowest BCUT2D eigenvalue weighted by molar-refractivity contribution is -0.119. The Morgan fingerprint density at radius 2 is 1.96 bits per heavy atom. The molecule has 1 amide bonds. The number of carbonyl (C=O) groups excluding carboxylic acids is 1. The highest BCUT2D eigenvalue weighted by Crippen LogP contribution is 2.22. The van der Waals surface area contributed by atoms with Crippen LogP contribution in [-0.4, -0.2) is 32.9 Å². The van der Waals surface area contributed by atoms with Gasteiger partial charge in [-0.2, -0.15) is 5.10 Å². The molecule has 0 aliphatic rings. The number of para-hydroxylation sites is 1. The first-order valence-corrected chi connectivity index (χ1v) is 7.47. The summed E-state index contributed by atoms with van der Waals surface area (Å²) in [5.41, 5.74) is 5.23. The molecular formula is C18H21N3O3. The molecule has 2 rings (SSSR count). The number of nitrogens with one attached hydrogen (secondary N) is 2. The molecule has 0 radical (unpaired) electrons. The molecule has 0 saturated heterocycles. The van der Waals surface area contributed by atoms with E-state index in [2.05, 4.69) is 15.8 Å². The second kappa shape index (κ2) is 8.57. The summed E-state index contributed by atoms with van der Waals surface area (Å²) in [6, 6.07) is 13.1. The zero-order chi connectivity index (χ0) is 17.4. The third kappa shape index (κ3) is 4.74. The Balaban J connectivity index is 1.89. The number of carbonyl (C=O) groups is 1. The number of amides is 1. The van der Waals surface area contributed by atoms with E-state index >= 15 is 0 Å². The maximum Gasteiger partial charge on any atom is 0.259 e. The van der Waals surface area contributed by atoms with E-state index in [4.69, 9.17) is 9.47 Å². The molecular weight excluding hydrogens is 306 g/mol. The Bertz CT molecular complexity index is 729. The third-order valence-electron chi connectivity index (χ3n) is 3.42. The summed E-state index contributed by atoms with van der Waals surface area (Å²) < 4.78 is 10.4. The number of hydrogen-bond donors (Lipinski definition) is 2. The molecule has 0 fully saturated rings. The maximum absolute atomic E-state index is 11.8. The van der Waals surface area contributed by atoms with Crippen molar-refractivity contribution in [1.29, 1.82) is 0 Å². The molecule has 0 atom stereocenters. The average molecular weight is 327 g/mol. The predicted molar refractivity (Wildman–Crippen MR) is 95.0 cm³/mol. The lowest BCUT2D eigenvalue weighted by Crippen LogP contribution is -2.26. The van der Waals surface area contributed by atoms with Crippen LogP contribution in [-0.2, 0) is 4.79 Å². The Labute approximate surface area is 141 Å². The van der Waals surface area contributed by atoms with Gasteiger partial charge in [0.25, 0.3) is 5.91 Å². The van der Waals surface area contributed by atoms with Crippen LogP contribution in [0.2, 0.25) is 0 Å². The van der Waals surface area contributed by atoms with Crippen molar-refractivity contribution in [2.75, 3.05) is 26.1 Å². The quantitative estimate of drug-likeness (QED) is 0.606. The van der Waals surface area contributed by atoms with Crippen molar-refractivity contribution in [3.63, 3.8) is 0 Å². The molecule has 2 aromatic carbocycles. The van der Waals surface area contributed by atoms with Gasteiger partial charge in [0.1, 0.15) is 11.5 Å². The highest BCUT2D eigenvalue weighted by Gasteiger charge is 2.04. The van der Waals surface area contributed by atoms with Gasteiger partial charge < -0.3 is 14.8 Å². The first-order chi connectivity index (χ1) is 11.6. The number of rotatable bonds is 7. The Morgan fingerprint density at radius 1 is 1.17 bits per heavy atom. The smallest absolute Gasteiger partial charge is 0.259 e. The predicted octanol–water partition coefficient (Wildman–Crippen LogP) is 2.57. The van der Waals surface area contributed by atoms with Gasteiger partial charge >= 0.3 is 0 Å². The van der Waals surface area contributed by atoms with Gasteiger partial charge in [0, 0.05) is 17.3 Å². The normalized spacial score (nSPS) is 10.5. The molecule has 0 saturated carbocycles. The van der Waals surface area contributed by atoms with E-state index in [1.54, 1.807) is 32.4 Å². The fraction of sp³-hybridized carbons (Fsp3) is 0.222. The molecule has 0 bridgehead atoms. The Kier molecular flexibility index (Phi) is 6.19. The van der Waals surface area contributed by atoms with Crippen molar-refractivity contribution >= 4 is 17.8 Å². The number of methoxy groups -OCH3 is 2. The van der Waals surface area contributed by atoms with E-state index in [9.17, 15) is 4.79 Å².